The molecule has 0 radical (unpaired) electrons. The van der Waals surface area contributed by atoms with E-state index in [-0.39, 0.29) is 0 Å². The van der Waals surface area contributed by atoms with Crippen LogP contribution in [0.4, 0.5) is 11.4 Å². The quantitative estimate of drug-likeness (QED) is 0.251. The predicted octanol–water partition coefficient (Wildman–Crippen LogP) is 6.66. The van der Waals surface area contributed by atoms with E-state index in [1.807, 2.05) is 12.1 Å². The topological polar surface area (TPSA) is 38.4 Å². The van der Waals surface area contributed by atoms with E-state index in [0.29, 0.717) is 20.7 Å². The van der Waals surface area contributed by atoms with Crippen LogP contribution < -0.4 is 0 Å². The monoisotopic (exact) mass is 510 g/mol. The molecule has 2 rings (SSSR count). The number of halogens is 4. The van der Waals surface area contributed by atoms with Crippen LogP contribution in [0.2, 0.25) is 0 Å². The van der Waals surface area contributed by atoms with Crippen LogP contribution in [0.25, 0.3) is 0 Å². The summed E-state index contributed by atoms with van der Waals surface area (Å²) in [5.74, 6) is 0. The third-order valence-corrected chi connectivity index (χ3v) is 4.48. The van der Waals surface area contributed by atoms with Crippen LogP contribution in [-0.4, -0.2) is 4.86 Å². The molecular formula is C12H6Br4N2O. The van der Waals surface area contributed by atoms with Crippen molar-refractivity contribution in [2.75, 3.05) is 0 Å². The van der Waals surface area contributed by atoms with Gasteiger partial charge in [-0.15, -0.1) is 0 Å². The lowest BCUT2D eigenvalue weighted by Gasteiger charge is -2.03. The Kier molecular flexibility index (Phi) is 5.16. The van der Waals surface area contributed by atoms with Gasteiger partial charge in [0, 0.05) is 20.1 Å². The molecule has 0 saturated carbocycles. The number of nitrogens with zero attached hydrogens (tertiary/aromatic N) is 2. The average Bonchev–Trinajstić information content (AvgIpc) is 2.32. The summed E-state index contributed by atoms with van der Waals surface area (Å²) < 4.78 is 3.23. The standard InChI is InChI=1S/C12H6Br4N2O/c13-7-1-3-11(9(15)5-7)17-18(19)12-4-2-8(14)6-10(12)16/h1-6H. The largest absolute Gasteiger partial charge is 0.594 e. The molecule has 0 aromatic heterocycles. The van der Waals surface area contributed by atoms with Gasteiger partial charge >= 0.3 is 0 Å². The zero-order chi connectivity index (χ0) is 14.0. The smallest absolute Gasteiger partial charge is 0.259 e. The van der Waals surface area contributed by atoms with Gasteiger partial charge in [-0.25, -0.2) is 0 Å². The molecule has 3 nitrogen and oxygen atoms in total. The molecule has 0 amide bonds. The lowest BCUT2D eigenvalue weighted by molar-refractivity contribution is -0.436. The summed E-state index contributed by atoms with van der Waals surface area (Å²) in [4.78, 5) is 0.588. The van der Waals surface area contributed by atoms with Crippen molar-refractivity contribution in [2.24, 2.45) is 5.11 Å². The first-order chi connectivity index (χ1) is 8.97. The van der Waals surface area contributed by atoms with Crippen molar-refractivity contribution in [1.82, 2.24) is 0 Å². The molecule has 0 aliphatic carbocycles. The highest BCUT2D eigenvalue weighted by molar-refractivity contribution is 9.11. The minimum atomic E-state index is 0.443. The predicted molar refractivity (Wildman–Crippen MR) is 89.1 cm³/mol. The lowest BCUT2D eigenvalue weighted by Crippen LogP contribution is -1.91. The SMILES string of the molecule is [O-][N+](=Nc1ccc(Br)cc1Br)c1ccc(Br)cc1Br. The van der Waals surface area contributed by atoms with Crippen LogP contribution in [0.3, 0.4) is 0 Å². The second-order valence-electron chi connectivity index (χ2n) is 3.56. The first kappa shape index (κ1) is 15.2. The van der Waals surface area contributed by atoms with Gasteiger partial charge in [-0.3, -0.25) is 0 Å². The van der Waals surface area contributed by atoms with E-state index in [9.17, 15) is 5.21 Å². The zero-order valence-electron chi connectivity index (χ0n) is 9.28. The van der Waals surface area contributed by atoms with Gasteiger partial charge in [0.2, 0.25) is 0 Å². The number of rotatable bonds is 2. The van der Waals surface area contributed by atoms with E-state index in [4.69, 9.17) is 0 Å². The molecule has 7 heteroatoms. The molecule has 0 heterocycles. The molecule has 0 N–H and O–H groups in total. The number of hydrogen-bond donors (Lipinski definition) is 0. The van der Waals surface area contributed by atoms with Gasteiger partial charge in [0.15, 0.2) is 0 Å². The second kappa shape index (κ2) is 6.47. The van der Waals surface area contributed by atoms with Crippen molar-refractivity contribution in [3.63, 3.8) is 0 Å². The van der Waals surface area contributed by atoms with Gasteiger partial charge in [-0.05, 0) is 67.1 Å². The molecule has 0 aliphatic heterocycles. The molecule has 0 unspecified atom stereocenters. The van der Waals surface area contributed by atoms with Crippen molar-refractivity contribution in [3.8, 4) is 0 Å². The van der Waals surface area contributed by atoms with Gasteiger partial charge in [-0.2, -0.15) is 0 Å². The van der Waals surface area contributed by atoms with Crippen molar-refractivity contribution in [1.29, 1.82) is 0 Å². The van der Waals surface area contributed by atoms with E-state index in [1.165, 1.54) is 0 Å². The Hall–Kier alpha value is -0.240. The minimum absolute atomic E-state index is 0.443. The Bertz CT molecular complexity index is 658. The van der Waals surface area contributed by atoms with Gasteiger partial charge < -0.3 is 5.21 Å². The second-order valence-corrected chi connectivity index (χ2v) is 7.10. The molecule has 0 saturated heterocycles. The average molecular weight is 514 g/mol. The molecular weight excluding hydrogens is 508 g/mol. The number of hydrogen-bond acceptors (Lipinski definition) is 2. The van der Waals surface area contributed by atoms with Crippen LogP contribution in [0.15, 0.2) is 59.4 Å². The van der Waals surface area contributed by atoms with Gasteiger partial charge in [0.1, 0.15) is 5.69 Å². The maximum absolute atomic E-state index is 12.1. The fourth-order valence-corrected chi connectivity index (χ4v) is 3.68. The molecule has 2 aromatic carbocycles. The first-order valence-electron chi connectivity index (χ1n) is 5.06. The summed E-state index contributed by atoms with van der Waals surface area (Å²) >= 11 is 13.4. The first-order valence-corrected chi connectivity index (χ1v) is 8.23. The molecule has 0 fully saturated rings. The summed E-state index contributed by atoms with van der Waals surface area (Å²) in [6.45, 7) is 0. The van der Waals surface area contributed by atoms with Crippen LogP contribution in [0.1, 0.15) is 0 Å². The fraction of sp³-hybridized carbons (Fsp3) is 0. The highest BCUT2D eigenvalue weighted by Gasteiger charge is 2.11. The Morgan fingerprint density at radius 3 is 2.00 bits per heavy atom. The van der Waals surface area contributed by atoms with E-state index in [1.54, 1.807) is 24.3 Å². The van der Waals surface area contributed by atoms with Crippen LogP contribution in [0.5, 0.6) is 0 Å². The Morgan fingerprint density at radius 1 is 0.842 bits per heavy atom. The Labute approximate surface area is 143 Å². The summed E-state index contributed by atoms with van der Waals surface area (Å²) in [7, 11) is 0. The fourth-order valence-electron chi connectivity index (χ4n) is 1.35. The van der Waals surface area contributed by atoms with Crippen LogP contribution in [0, 0.1) is 5.21 Å². The van der Waals surface area contributed by atoms with E-state index in [0.717, 1.165) is 13.4 Å². The Morgan fingerprint density at radius 2 is 1.42 bits per heavy atom. The molecule has 19 heavy (non-hydrogen) atoms. The zero-order valence-corrected chi connectivity index (χ0v) is 15.6. The maximum atomic E-state index is 12.1. The van der Waals surface area contributed by atoms with Gasteiger partial charge in [0.25, 0.3) is 5.69 Å². The maximum Gasteiger partial charge on any atom is 0.259 e. The van der Waals surface area contributed by atoms with E-state index >= 15 is 0 Å². The summed E-state index contributed by atoms with van der Waals surface area (Å²) in [5.41, 5.74) is 1.01. The van der Waals surface area contributed by atoms with Crippen molar-refractivity contribution in [2.45, 2.75) is 0 Å². The Balaban J connectivity index is 2.42. The molecule has 0 aliphatic rings. The third-order valence-electron chi connectivity index (χ3n) is 2.22. The molecule has 98 valence electrons. The number of azo groups is 1. The van der Waals surface area contributed by atoms with Crippen LogP contribution >= 0.6 is 63.7 Å². The van der Waals surface area contributed by atoms with Crippen molar-refractivity contribution < 1.29 is 4.86 Å². The molecule has 0 atom stereocenters. The van der Waals surface area contributed by atoms with Gasteiger partial charge in [0.05, 0.1) is 8.95 Å². The van der Waals surface area contributed by atoms with Crippen LogP contribution in [-0.2, 0) is 0 Å². The normalized spacial score (nSPS) is 11.7. The number of benzene rings is 2. The molecule has 0 spiro atoms. The van der Waals surface area contributed by atoms with Gasteiger partial charge in [-0.1, -0.05) is 31.9 Å². The summed E-state index contributed by atoms with van der Waals surface area (Å²) in [6, 6.07) is 10.7. The van der Waals surface area contributed by atoms with Crippen molar-refractivity contribution >= 4 is 75.1 Å². The minimum Gasteiger partial charge on any atom is -0.594 e. The lowest BCUT2D eigenvalue weighted by atomic mass is 10.3. The van der Waals surface area contributed by atoms with E-state index < -0.39 is 0 Å². The summed E-state index contributed by atoms with van der Waals surface area (Å²) in [6.07, 6.45) is 0. The summed E-state index contributed by atoms with van der Waals surface area (Å²) in [5, 5.41) is 16.1. The molecule has 0 bridgehead atoms. The van der Waals surface area contributed by atoms with E-state index in [2.05, 4.69) is 68.8 Å². The van der Waals surface area contributed by atoms with Crippen molar-refractivity contribution in [3.05, 3.63) is 59.5 Å². The highest BCUT2D eigenvalue weighted by Crippen LogP contribution is 2.32. The highest BCUT2D eigenvalue weighted by atomic mass is 79.9. The third kappa shape index (κ3) is 3.87. The molecule has 2 aromatic rings.